The van der Waals surface area contributed by atoms with Gasteiger partial charge in [-0.15, -0.1) is 0 Å². The number of hydrogen-bond acceptors (Lipinski definition) is 2. The first-order valence-corrected chi connectivity index (χ1v) is 5.81. The molecule has 17 heavy (non-hydrogen) atoms. The zero-order chi connectivity index (χ0) is 13.0. The van der Waals surface area contributed by atoms with Crippen molar-refractivity contribution in [1.82, 2.24) is 5.32 Å². The van der Waals surface area contributed by atoms with Crippen molar-refractivity contribution in [1.29, 1.82) is 0 Å². The lowest BCUT2D eigenvalue weighted by Gasteiger charge is -2.21. The molecule has 94 valence electrons. The molecule has 0 saturated carbocycles. The van der Waals surface area contributed by atoms with Crippen molar-refractivity contribution in [3.05, 3.63) is 29.6 Å². The minimum absolute atomic E-state index is 0.0742. The van der Waals surface area contributed by atoms with Crippen molar-refractivity contribution in [2.24, 2.45) is 5.92 Å². The Balaban J connectivity index is 2.86. The van der Waals surface area contributed by atoms with Gasteiger partial charge < -0.3 is 11.1 Å². The quantitative estimate of drug-likeness (QED) is 0.792. The largest absolute Gasteiger partial charge is 0.398 e. The summed E-state index contributed by atoms with van der Waals surface area (Å²) >= 11 is 0. The van der Waals surface area contributed by atoms with Crippen molar-refractivity contribution in [2.45, 2.75) is 33.2 Å². The van der Waals surface area contributed by atoms with Gasteiger partial charge in [0, 0.05) is 11.7 Å². The van der Waals surface area contributed by atoms with Gasteiger partial charge in [-0.1, -0.05) is 20.8 Å². The summed E-state index contributed by atoms with van der Waals surface area (Å²) in [5.41, 5.74) is 6.15. The molecule has 0 bridgehead atoms. The minimum Gasteiger partial charge on any atom is -0.398 e. The summed E-state index contributed by atoms with van der Waals surface area (Å²) in [5, 5.41) is 2.86. The molecule has 1 unspecified atom stereocenters. The number of benzene rings is 1. The van der Waals surface area contributed by atoms with Gasteiger partial charge >= 0.3 is 0 Å². The summed E-state index contributed by atoms with van der Waals surface area (Å²) in [5.74, 6) is -0.441. The standard InChI is InChI=1S/C13H19FN2O/c1-4-12(8(2)3)16-13(17)10-7-9(14)5-6-11(10)15/h5-8,12H,4,15H2,1-3H3,(H,16,17). The number of halogens is 1. The third-order valence-electron chi connectivity index (χ3n) is 2.82. The number of amides is 1. The van der Waals surface area contributed by atoms with Crippen LogP contribution in [0.5, 0.6) is 0 Å². The summed E-state index contributed by atoms with van der Waals surface area (Å²) in [7, 11) is 0. The van der Waals surface area contributed by atoms with E-state index in [1.165, 1.54) is 12.1 Å². The zero-order valence-electron chi connectivity index (χ0n) is 10.5. The van der Waals surface area contributed by atoms with Gasteiger partial charge in [-0.3, -0.25) is 4.79 Å². The van der Waals surface area contributed by atoms with Gasteiger partial charge in [0.1, 0.15) is 5.82 Å². The fraction of sp³-hybridized carbons (Fsp3) is 0.462. The lowest BCUT2D eigenvalue weighted by atomic mass is 10.0. The van der Waals surface area contributed by atoms with Crippen LogP contribution in [0.3, 0.4) is 0 Å². The molecule has 0 aliphatic carbocycles. The van der Waals surface area contributed by atoms with E-state index in [1.807, 2.05) is 20.8 Å². The molecule has 0 saturated heterocycles. The lowest BCUT2D eigenvalue weighted by Crippen LogP contribution is -2.38. The van der Waals surface area contributed by atoms with Crippen molar-refractivity contribution in [2.75, 3.05) is 5.73 Å². The van der Waals surface area contributed by atoms with Crippen LogP contribution in [0.25, 0.3) is 0 Å². The molecule has 1 amide bonds. The fourth-order valence-electron chi connectivity index (χ4n) is 1.71. The van der Waals surface area contributed by atoms with Crippen LogP contribution in [0.1, 0.15) is 37.6 Å². The number of rotatable bonds is 4. The topological polar surface area (TPSA) is 55.1 Å². The Hall–Kier alpha value is -1.58. The highest BCUT2D eigenvalue weighted by Crippen LogP contribution is 2.14. The van der Waals surface area contributed by atoms with Crippen molar-refractivity contribution < 1.29 is 9.18 Å². The second-order valence-corrected chi connectivity index (χ2v) is 4.46. The normalized spacial score (nSPS) is 12.5. The average Bonchev–Trinajstić information content (AvgIpc) is 2.28. The van der Waals surface area contributed by atoms with Gasteiger partial charge in [0.15, 0.2) is 0 Å². The second-order valence-electron chi connectivity index (χ2n) is 4.46. The highest BCUT2D eigenvalue weighted by molar-refractivity contribution is 5.99. The van der Waals surface area contributed by atoms with Crippen LogP contribution in [-0.2, 0) is 0 Å². The number of nitrogen functional groups attached to an aromatic ring is 1. The molecule has 0 aromatic heterocycles. The van der Waals surface area contributed by atoms with Crippen molar-refractivity contribution in [3.8, 4) is 0 Å². The molecule has 0 aliphatic rings. The molecule has 1 aromatic carbocycles. The molecule has 0 heterocycles. The maximum Gasteiger partial charge on any atom is 0.253 e. The van der Waals surface area contributed by atoms with Crippen LogP contribution < -0.4 is 11.1 Å². The molecule has 0 spiro atoms. The third-order valence-corrected chi connectivity index (χ3v) is 2.82. The molecule has 3 nitrogen and oxygen atoms in total. The molecule has 3 N–H and O–H groups in total. The van der Waals surface area contributed by atoms with Crippen molar-refractivity contribution >= 4 is 11.6 Å². The van der Waals surface area contributed by atoms with Gasteiger partial charge in [-0.05, 0) is 30.5 Å². The summed E-state index contributed by atoms with van der Waals surface area (Å²) < 4.78 is 13.0. The number of nitrogens with two attached hydrogens (primary N) is 1. The SMILES string of the molecule is CCC(NC(=O)c1cc(F)ccc1N)C(C)C. The Morgan fingerprint density at radius 2 is 2.12 bits per heavy atom. The Bertz CT molecular complexity index is 404. The van der Waals surface area contributed by atoms with Crippen molar-refractivity contribution in [3.63, 3.8) is 0 Å². The van der Waals surface area contributed by atoms with Gasteiger partial charge in [0.2, 0.25) is 0 Å². The number of nitrogens with one attached hydrogen (secondary N) is 1. The summed E-state index contributed by atoms with van der Waals surface area (Å²) in [4.78, 5) is 11.9. The molecule has 0 radical (unpaired) electrons. The first-order valence-electron chi connectivity index (χ1n) is 5.81. The van der Waals surface area contributed by atoms with E-state index in [0.717, 1.165) is 12.5 Å². The molecule has 1 atom stereocenters. The molecule has 4 heteroatoms. The van der Waals surface area contributed by atoms with Crippen LogP contribution in [0.4, 0.5) is 10.1 Å². The van der Waals surface area contributed by atoms with E-state index in [0.29, 0.717) is 11.6 Å². The van der Waals surface area contributed by atoms with Gasteiger partial charge in [-0.2, -0.15) is 0 Å². The third kappa shape index (κ3) is 3.44. The van der Waals surface area contributed by atoms with E-state index < -0.39 is 5.82 Å². The highest BCUT2D eigenvalue weighted by atomic mass is 19.1. The van der Waals surface area contributed by atoms with Gasteiger partial charge in [0.25, 0.3) is 5.91 Å². The first-order chi connectivity index (χ1) is 7.95. The maximum atomic E-state index is 13.0. The van der Waals surface area contributed by atoms with E-state index in [9.17, 15) is 9.18 Å². The number of carbonyl (C=O) groups is 1. The summed E-state index contributed by atoms with van der Waals surface area (Å²) in [6.45, 7) is 6.06. The van der Waals surface area contributed by atoms with Crippen LogP contribution in [0.15, 0.2) is 18.2 Å². The number of carbonyl (C=O) groups excluding carboxylic acids is 1. The lowest BCUT2D eigenvalue weighted by molar-refractivity contribution is 0.0925. The number of hydrogen-bond donors (Lipinski definition) is 2. The van der Waals surface area contributed by atoms with Crippen LogP contribution in [0, 0.1) is 11.7 Å². The first kappa shape index (κ1) is 13.5. The predicted octanol–water partition coefficient (Wildman–Crippen LogP) is 2.57. The van der Waals surface area contributed by atoms with E-state index in [4.69, 9.17) is 5.73 Å². The maximum absolute atomic E-state index is 13.0. The van der Waals surface area contributed by atoms with Crippen LogP contribution >= 0.6 is 0 Å². The Labute approximate surface area is 101 Å². The molecular weight excluding hydrogens is 219 g/mol. The Morgan fingerprint density at radius 1 is 1.47 bits per heavy atom. The van der Waals surface area contributed by atoms with E-state index >= 15 is 0 Å². The minimum atomic E-state index is -0.457. The fourth-order valence-corrected chi connectivity index (χ4v) is 1.71. The molecular formula is C13H19FN2O. The van der Waals surface area contributed by atoms with Crippen LogP contribution in [0.2, 0.25) is 0 Å². The smallest absolute Gasteiger partial charge is 0.253 e. The zero-order valence-corrected chi connectivity index (χ0v) is 10.5. The molecule has 1 rings (SSSR count). The highest BCUT2D eigenvalue weighted by Gasteiger charge is 2.17. The molecule has 1 aromatic rings. The second kappa shape index (κ2) is 5.66. The van der Waals surface area contributed by atoms with Gasteiger partial charge in [0.05, 0.1) is 5.56 Å². The molecule has 0 fully saturated rings. The van der Waals surface area contributed by atoms with E-state index in [-0.39, 0.29) is 17.5 Å². The monoisotopic (exact) mass is 238 g/mol. The predicted molar refractivity (Wildman–Crippen MR) is 67.2 cm³/mol. The van der Waals surface area contributed by atoms with E-state index in [2.05, 4.69) is 5.32 Å². The summed E-state index contributed by atoms with van der Waals surface area (Å²) in [6, 6.07) is 3.88. The van der Waals surface area contributed by atoms with Gasteiger partial charge in [-0.25, -0.2) is 4.39 Å². The average molecular weight is 238 g/mol. The van der Waals surface area contributed by atoms with E-state index in [1.54, 1.807) is 0 Å². The molecule has 0 aliphatic heterocycles. The number of anilines is 1. The van der Waals surface area contributed by atoms with Crippen LogP contribution in [-0.4, -0.2) is 11.9 Å². The summed E-state index contributed by atoms with van der Waals surface area (Å²) in [6.07, 6.45) is 0.832. The Morgan fingerprint density at radius 3 is 2.65 bits per heavy atom. The Kier molecular flexibility index (Phi) is 4.49.